The molecule has 38 heavy (non-hydrogen) atoms. The third kappa shape index (κ3) is 9.64. The number of hydrogen-bond donors (Lipinski definition) is 0. The molecule has 3 heteroatoms. The van der Waals surface area contributed by atoms with E-state index in [4.69, 9.17) is 0 Å². The van der Waals surface area contributed by atoms with Crippen LogP contribution in [0.5, 0.6) is 0 Å². The Hall–Kier alpha value is -0.877. The summed E-state index contributed by atoms with van der Waals surface area (Å²) in [6.45, 7) is 20.3. The molecule has 3 aromatic rings. The minimum absolute atomic E-state index is 0. The van der Waals surface area contributed by atoms with Gasteiger partial charge in [-0.15, -0.1) is 5.56 Å². The van der Waals surface area contributed by atoms with Gasteiger partial charge < -0.3 is 24.8 Å². The van der Waals surface area contributed by atoms with Crippen molar-refractivity contribution >= 4 is 3.21 Å². The molecule has 2 aliphatic carbocycles. The van der Waals surface area contributed by atoms with E-state index < -0.39 is 0 Å². The molecule has 0 spiro atoms. The normalized spacial score (nSPS) is 14.1. The van der Waals surface area contributed by atoms with Crippen LogP contribution in [0.1, 0.15) is 116 Å². The van der Waals surface area contributed by atoms with E-state index in [1.54, 1.807) is 27.4 Å². The fraction of sp³-hybridized carbons (Fsp3) is 0.486. The molecule has 3 aromatic carbocycles. The fourth-order valence-corrected chi connectivity index (χ4v) is 5.53. The maximum atomic E-state index is 3.53. The van der Waals surface area contributed by atoms with E-state index in [2.05, 4.69) is 123 Å². The summed E-state index contributed by atoms with van der Waals surface area (Å²) < 4.78 is 1.79. The van der Waals surface area contributed by atoms with Crippen LogP contribution < -0.4 is 24.8 Å². The van der Waals surface area contributed by atoms with Crippen molar-refractivity contribution in [2.45, 2.75) is 111 Å². The molecule has 0 aromatic heterocycles. The first-order valence-corrected chi connectivity index (χ1v) is 14.9. The monoisotopic (exact) mass is 626 g/mol. The topological polar surface area (TPSA) is 0 Å². The van der Waals surface area contributed by atoms with Gasteiger partial charge in [-0.25, -0.2) is 6.07 Å². The number of rotatable bonds is 0. The van der Waals surface area contributed by atoms with E-state index in [9.17, 15) is 0 Å². The minimum atomic E-state index is 0. The Labute approximate surface area is 260 Å². The van der Waals surface area contributed by atoms with Crippen LogP contribution in [0.25, 0.3) is 11.1 Å². The zero-order chi connectivity index (χ0) is 26.7. The van der Waals surface area contributed by atoms with E-state index >= 15 is 0 Å². The second-order valence-corrected chi connectivity index (χ2v) is 15.3. The van der Waals surface area contributed by atoms with Gasteiger partial charge in [0.05, 0.1) is 0 Å². The molecule has 1 fully saturated rings. The number of halogens is 2. The van der Waals surface area contributed by atoms with Crippen molar-refractivity contribution in [3.8, 4) is 11.1 Å². The third-order valence-corrected chi connectivity index (χ3v) is 8.49. The zero-order valence-electron chi connectivity index (χ0n) is 25.0. The van der Waals surface area contributed by atoms with Crippen molar-refractivity contribution in [3.05, 3.63) is 88.5 Å². The van der Waals surface area contributed by atoms with Crippen molar-refractivity contribution in [1.82, 2.24) is 0 Å². The summed E-state index contributed by atoms with van der Waals surface area (Å²) in [7, 11) is 0. The second-order valence-electron chi connectivity index (χ2n) is 13.6. The van der Waals surface area contributed by atoms with Crippen molar-refractivity contribution < 1.29 is 49.0 Å². The SMILES string of the molecule is CC(C)(C)c1c[c-]c2c(c1)-c1cc(C(C)(C)C)ccc1C2.CC(C)(C)c1cc[cH-]c1.[Cl-].[Cl-].[Zr+2]=[C]1CCCC1. The average molecular weight is 629 g/mol. The predicted octanol–water partition coefficient (Wildman–Crippen LogP) is 3.64. The molecule has 0 bridgehead atoms. The molecule has 0 nitrogen and oxygen atoms in total. The molecule has 1 saturated carbocycles. The van der Waals surface area contributed by atoms with Crippen LogP contribution in [0.4, 0.5) is 0 Å². The Kier molecular flexibility index (Phi) is 13.1. The molecule has 5 rings (SSSR count). The van der Waals surface area contributed by atoms with E-state index in [-0.39, 0.29) is 35.6 Å². The Morgan fingerprint density at radius 2 is 1.26 bits per heavy atom. The predicted molar refractivity (Wildman–Crippen MR) is 155 cm³/mol. The van der Waals surface area contributed by atoms with Crippen molar-refractivity contribution in [2.24, 2.45) is 0 Å². The molecule has 206 valence electrons. The van der Waals surface area contributed by atoms with Gasteiger partial charge in [-0.05, 0) is 17.4 Å². The van der Waals surface area contributed by atoms with E-state index in [0.29, 0.717) is 5.41 Å². The molecule has 0 amide bonds. The quantitative estimate of drug-likeness (QED) is 0.261. The molecule has 0 heterocycles. The van der Waals surface area contributed by atoms with Crippen LogP contribution in [-0.2, 0) is 46.9 Å². The van der Waals surface area contributed by atoms with Gasteiger partial charge in [-0.1, -0.05) is 102 Å². The van der Waals surface area contributed by atoms with Crippen molar-refractivity contribution in [1.29, 1.82) is 0 Å². The summed E-state index contributed by atoms with van der Waals surface area (Å²) in [6.07, 6.45) is 6.86. The molecule has 0 saturated heterocycles. The summed E-state index contributed by atoms with van der Waals surface area (Å²) in [5, 5.41) is 0. The van der Waals surface area contributed by atoms with E-state index in [1.807, 2.05) is 0 Å². The van der Waals surface area contributed by atoms with Gasteiger partial charge in [0.2, 0.25) is 0 Å². The van der Waals surface area contributed by atoms with Gasteiger partial charge in [0.15, 0.2) is 0 Å². The fourth-order valence-electron chi connectivity index (χ4n) is 4.66. The zero-order valence-corrected chi connectivity index (χ0v) is 29.0. The summed E-state index contributed by atoms with van der Waals surface area (Å²) in [5.74, 6) is 0. The van der Waals surface area contributed by atoms with Crippen molar-refractivity contribution in [2.75, 3.05) is 0 Å². The summed E-state index contributed by atoms with van der Waals surface area (Å²) in [6, 6.07) is 23.6. The van der Waals surface area contributed by atoms with Gasteiger partial charge in [-0.3, -0.25) is 0 Å². The number of fused-ring (bicyclic) bond motifs is 3. The van der Waals surface area contributed by atoms with Crippen molar-refractivity contribution in [3.63, 3.8) is 0 Å². The Bertz CT molecular complexity index is 1100. The van der Waals surface area contributed by atoms with Gasteiger partial charge in [0.1, 0.15) is 0 Å². The maximum absolute atomic E-state index is 3.53. The van der Waals surface area contributed by atoms with Crippen LogP contribution in [0.15, 0.2) is 54.6 Å². The second kappa shape index (κ2) is 14.1. The summed E-state index contributed by atoms with van der Waals surface area (Å²) >= 11 is 1.68. The van der Waals surface area contributed by atoms with Crippen LogP contribution in [0.2, 0.25) is 0 Å². The summed E-state index contributed by atoms with van der Waals surface area (Å²) in [4.78, 5) is 0. The van der Waals surface area contributed by atoms with Crippen LogP contribution in [0, 0.1) is 6.07 Å². The number of hydrogen-bond acceptors (Lipinski definition) is 0. The average Bonchev–Trinajstić information content (AvgIpc) is 3.53. The molecule has 0 atom stereocenters. The summed E-state index contributed by atoms with van der Waals surface area (Å²) in [5.41, 5.74) is 10.5. The Morgan fingerprint density at radius 1 is 0.711 bits per heavy atom. The van der Waals surface area contributed by atoms with Gasteiger partial charge in [0.25, 0.3) is 0 Å². The van der Waals surface area contributed by atoms with Crippen LogP contribution in [-0.4, -0.2) is 3.21 Å². The molecule has 0 unspecified atom stereocenters. The van der Waals surface area contributed by atoms with Crippen LogP contribution in [0.3, 0.4) is 0 Å². The Morgan fingerprint density at radius 3 is 1.68 bits per heavy atom. The molecule has 0 radical (unpaired) electrons. The first kappa shape index (κ1) is 35.2. The molecule has 0 aliphatic heterocycles. The third-order valence-electron chi connectivity index (χ3n) is 7.26. The first-order valence-electron chi connectivity index (χ1n) is 13.6. The first-order chi connectivity index (χ1) is 16.7. The van der Waals surface area contributed by atoms with Crippen LogP contribution >= 0.6 is 0 Å². The standard InChI is InChI=1S/C21H25.C9H13.C5H8.2ClH.Zr/c1-20(2,3)16-9-7-14-11-15-8-10-17(21(4,5)6)13-19(15)18(14)12-16;1-9(2,3)8-6-4-5-7-8;1-2-4-5-3-1;;;/h7,9-10,12-13H,11H2,1-6H3;4-7H,1-3H3;1-4H2;2*1H;/q2*-1;;;;+2/p-2. The molecule has 2 aliphatic rings. The van der Waals surface area contributed by atoms with E-state index in [1.165, 1.54) is 64.6 Å². The van der Waals surface area contributed by atoms with Gasteiger partial charge in [0, 0.05) is 0 Å². The molecular weight excluding hydrogens is 583 g/mol. The van der Waals surface area contributed by atoms with Gasteiger partial charge >= 0.3 is 53.1 Å². The number of benzene rings is 2. The van der Waals surface area contributed by atoms with E-state index in [0.717, 1.165) is 6.42 Å². The molecule has 0 N–H and O–H groups in total. The molecular formula is C35H46Cl2Zr-2. The van der Waals surface area contributed by atoms with Gasteiger partial charge in [-0.2, -0.15) is 53.1 Å². The Balaban J connectivity index is 0.000000352.